The van der Waals surface area contributed by atoms with E-state index in [0.717, 1.165) is 44.3 Å². The monoisotopic (exact) mass is 394 g/mol. The third-order valence-electron chi connectivity index (χ3n) is 5.55. The molecular formula is C20H24Cl2N2O2. The molecule has 0 unspecified atom stereocenters. The Labute approximate surface area is 164 Å². The van der Waals surface area contributed by atoms with Gasteiger partial charge in [0.1, 0.15) is 0 Å². The molecule has 0 aliphatic carbocycles. The number of benzene rings is 1. The van der Waals surface area contributed by atoms with Gasteiger partial charge in [0.05, 0.1) is 0 Å². The molecule has 0 bridgehead atoms. The Hall–Kier alpha value is -1.52. The van der Waals surface area contributed by atoms with Crippen LogP contribution in [0.4, 0.5) is 0 Å². The Morgan fingerprint density at radius 3 is 2.04 bits per heavy atom. The fourth-order valence-corrected chi connectivity index (χ4v) is 4.73. The molecule has 2 amide bonds. The normalized spacial score (nSPS) is 19.5. The number of hydrogen-bond donors (Lipinski definition) is 0. The highest BCUT2D eigenvalue weighted by atomic mass is 35.5. The molecule has 0 N–H and O–H groups in total. The van der Waals surface area contributed by atoms with Crippen LogP contribution in [0.15, 0.2) is 30.9 Å². The second kappa shape index (κ2) is 8.45. The molecule has 1 aromatic carbocycles. The van der Waals surface area contributed by atoms with E-state index in [1.54, 1.807) is 4.90 Å². The summed E-state index contributed by atoms with van der Waals surface area (Å²) in [7, 11) is 0. The zero-order valence-electron chi connectivity index (χ0n) is 14.8. The van der Waals surface area contributed by atoms with Crippen LogP contribution in [-0.4, -0.2) is 47.8 Å². The van der Waals surface area contributed by atoms with Gasteiger partial charge in [-0.1, -0.05) is 35.8 Å². The summed E-state index contributed by atoms with van der Waals surface area (Å²) >= 11 is 12.7. The molecule has 140 valence electrons. The van der Waals surface area contributed by atoms with E-state index in [-0.39, 0.29) is 17.7 Å². The van der Waals surface area contributed by atoms with Gasteiger partial charge < -0.3 is 9.80 Å². The van der Waals surface area contributed by atoms with E-state index >= 15 is 0 Å². The first kappa shape index (κ1) is 19.2. The molecule has 3 rings (SSSR count). The van der Waals surface area contributed by atoms with Crippen molar-refractivity contribution < 1.29 is 9.59 Å². The van der Waals surface area contributed by atoms with E-state index in [1.807, 2.05) is 23.1 Å². The van der Waals surface area contributed by atoms with Crippen LogP contribution in [0.1, 0.15) is 37.2 Å². The molecular weight excluding hydrogens is 371 g/mol. The summed E-state index contributed by atoms with van der Waals surface area (Å²) in [5, 5.41) is 1.42. The third kappa shape index (κ3) is 4.07. The van der Waals surface area contributed by atoms with Gasteiger partial charge in [0.25, 0.3) is 0 Å². The zero-order chi connectivity index (χ0) is 18.7. The van der Waals surface area contributed by atoms with Crippen molar-refractivity contribution >= 4 is 35.0 Å². The summed E-state index contributed by atoms with van der Waals surface area (Å²) in [6, 6.07) is 5.60. The molecule has 4 nitrogen and oxygen atoms in total. The van der Waals surface area contributed by atoms with Crippen LogP contribution in [0, 0.1) is 5.92 Å². The summed E-state index contributed by atoms with van der Waals surface area (Å²) < 4.78 is 0. The molecule has 0 saturated carbocycles. The van der Waals surface area contributed by atoms with Crippen molar-refractivity contribution in [1.82, 2.24) is 9.80 Å². The summed E-state index contributed by atoms with van der Waals surface area (Å²) in [5.74, 6) is 0.490. The second-order valence-electron chi connectivity index (χ2n) is 7.04. The smallest absolute Gasteiger partial charge is 0.245 e. The lowest BCUT2D eigenvalue weighted by atomic mass is 9.88. The molecule has 6 heteroatoms. The van der Waals surface area contributed by atoms with E-state index in [9.17, 15) is 9.59 Å². The van der Waals surface area contributed by atoms with Crippen molar-refractivity contribution in [1.29, 1.82) is 0 Å². The van der Waals surface area contributed by atoms with Gasteiger partial charge in [-0.3, -0.25) is 9.59 Å². The van der Waals surface area contributed by atoms with Crippen molar-refractivity contribution in [2.75, 3.05) is 26.2 Å². The van der Waals surface area contributed by atoms with Gasteiger partial charge in [0.15, 0.2) is 0 Å². The average molecular weight is 395 g/mol. The Balaban J connectivity index is 1.54. The maximum Gasteiger partial charge on any atom is 0.245 e. The molecule has 1 aromatic rings. The lowest BCUT2D eigenvalue weighted by Gasteiger charge is -2.37. The maximum absolute atomic E-state index is 12.8. The minimum Gasteiger partial charge on any atom is -0.342 e. The molecule has 2 heterocycles. The number of rotatable bonds is 3. The predicted octanol–water partition coefficient (Wildman–Crippen LogP) is 4.12. The van der Waals surface area contributed by atoms with E-state index in [2.05, 4.69) is 6.58 Å². The minimum absolute atomic E-state index is 0.0179. The van der Waals surface area contributed by atoms with Crippen LogP contribution in [-0.2, 0) is 9.59 Å². The third-order valence-corrected chi connectivity index (χ3v) is 6.20. The highest BCUT2D eigenvalue weighted by Gasteiger charge is 2.32. The highest BCUT2D eigenvalue weighted by molar-refractivity contribution is 6.36. The van der Waals surface area contributed by atoms with Crippen LogP contribution in [0.2, 0.25) is 10.0 Å². The van der Waals surface area contributed by atoms with Crippen molar-refractivity contribution in [3.05, 3.63) is 46.5 Å². The molecule has 2 fully saturated rings. The fraction of sp³-hybridized carbons (Fsp3) is 0.500. The van der Waals surface area contributed by atoms with E-state index in [1.165, 1.54) is 6.08 Å². The molecule has 2 aliphatic rings. The SMILES string of the molecule is C=CC(=O)N1CCC(C(=O)N2CCC(c3c(Cl)cccc3Cl)CC2)CC1. The summed E-state index contributed by atoms with van der Waals surface area (Å²) in [4.78, 5) is 28.2. The van der Waals surface area contributed by atoms with Gasteiger partial charge in [0.2, 0.25) is 11.8 Å². The predicted molar refractivity (Wildman–Crippen MR) is 105 cm³/mol. The molecule has 26 heavy (non-hydrogen) atoms. The molecule has 2 saturated heterocycles. The minimum atomic E-state index is -0.0478. The number of halogens is 2. The summed E-state index contributed by atoms with van der Waals surface area (Å²) in [5.41, 5.74) is 1.01. The first-order chi connectivity index (χ1) is 12.5. The lowest BCUT2D eigenvalue weighted by molar-refractivity contribution is -0.140. The van der Waals surface area contributed by atoms with Crippen LogP contribution in [0.25, 0.3) is 0 Å². The zero-order valence-corrected chi connectivity index (χ0v) is 16.3. The maximum atomic E-state index is 12.8. The Bertz CT molecular complexity index is 671. The molecule has 0 spiro atoms. The summed E-state index contributed by atoms with van der Waals surface area (Å²) in [6.45, 7) is 6.25. The molecule has 2 aliphatic heterocycles. The number of hydrogen-bond acceptors (Lipinski definition) is 2. The summed E-state index contributed by atoms with van der Waals surface area (Å²) in [6.07, 6.45) is 4.56. The van der Waals surface area contributed by atoms with Gasteiger partial charge in [-0.25, -0.2) is 0 Å². The largest absolute Gasteiger partial charge is 0.342 e. The van der Waals surface area contributed by atoms with Gasteiger partial charge in [-0.05, 0) is 55.4 Å². The molecule has 0 aromatic heterocycles. The van der Waals surface area contributed by atoms with Gasteiger partial charge in [-0.2, -0.15) is 0 Å². The standard InChI is InChI=1S/C20H24Cl2N2O2/c1-2-18(25)23-10-8-15(9-11-23)20(26)24-12-6-14(7-13-24)19-16(21)4-3-5-17(19)22/h2-5,14-15H,1,6-13H2. The average Bonchev–Trinajstić information content (AvgIpc) is 2.67. The van der Waals surface area contributed by atoms with Crippen molar-refractivity contribution in [2.45, 2.75) is 31.6 Å². The van der Waals surface area contributed by atoms with Crippen molar-refractivity contribution in [3.8, 4) is 0 Å². The number of carbonyl (C=O) groups excluding carboxylic acids is 2. The lowest BCUT2D eigenvalue weighted by Crippen LogP contribution is -2.46. The second-order valence-corrected chi connectivity index (χ2v) is 7.85. The van der Waals surface area contributed by atoms with Crippen LogP contribution in [0.3, 0.4) is 0 Å². The van der Waals surface area contributed by atoms with Crippen LogP contribution in [0.5, 0.6) is 0 Å². The van der Waals surface area contributed by atoms with Gasteiger partial charge in [0, 0.05) is 42.1 Å². The number of carbonyl (C=O) groups is 2. The van der Waals surface area contributed by atoms with Gasteiger partial charge >= 0.3 is 0 Å². The van der Waals surface area contributed by atoms with Crippen LogP contribution >= 0.6 is 23.2 Å². The molecule has 0 atom stereocenters. The van der Waals surface area contributed by atoms with E-state index in [0.29, 0.717) is 29.1 Å². The Morgan fingerprint density at radius 1 is 0.962 bits per heavy atom. The fourth-order valence-electron chi connectivity index (χ4n) is 4.02. The topological polar surface area (TPSA) is 40.6 Å². The van der Waals surface area contributed by atoms with E-state index in [4.69, 9.17) is 23.2 Å². The quantitative estimate of drug-likeness (QED) is 0.723. The van der Waals surface area contributed by atoms with E-state index < -0.39 is 0 Å². The highest BCUT2D eigenvalue weighted by Crippen LogP contribution is 2.37. The first-order valence-corrected chi connectivity index (χ1v) is 9.91. The van der Waals surface area contributed by atoms with Gasteiger partial charge in [-0.15, -0.1) is 0 Å². The first-order valence-electron chi connectivity index (χ1n) is 9.15. The Morgan fingerprint density at radius 2 is 1.50 bits per heavy atom. The number of likely N-dealkylation sites (tertiary alicyclic amines) is 2. The number of amides is 2. The van der Waals surface area contributed by atoms with Crippen molar-refractivity contribution in [2.24, 2.45) is 5.92 Å². The number of piperidine rings is 2. The van der Waals surface area contributed by atoms with Crippen molar-refractivity contribution in [3.63, 3.8) is 0 Å². The Kier molecular flexibility index (Phi) is 6.25. The molecule has 0 radical (unpaired) electrons. The number of nitrogens with zero attached hydrogens (tertiary/aromatic N) is 2. The van der Waals surface area contributed by atoms with Crippen LogP contribution < -0.4 is 0 Å².